The number of hydrogen-bond donors (Lipinski definition) is 4. The van der Waals surface area contributed by atoms with Gasteiger partial charge in [-0.15, -0.1) is 0 Å². The summed E-state index contributed by atoms with van der Waals surface area (Å²) in [4.78, 5) is 25.0. The van der Waals surface area contributed by atoms with Gasteiger partial charge in [-0.1, -0.05) is 30.3 Å². The molecule has 0 unspecified atom stereocenters. The van der Waals surface area contributed by atoms with Crippen molar-refractivity contribution < 1.29 is 23.8 Å². The van der Waals surface area contributed by atoms with Crippen molar-refractivity contribution in [2.45, 2.75) is 57.8 Å². The van der Waals surface area contributed by atoms with Gasteiger partial charge in [-0.25, -0.2) is 9.18 Å². The Morgan fingerprint density at radius 1 is 1.13 bits per heavy atom. The molecule has 8 heteroatoms. The number of carbonyl (C=O) groups excluding carboxylic acids is 2. The second kappa shape index (κ2) is 10.8. The molecule has 0 spiro atoms. The highest BCUT2D eigenvalue weighted by atomic mass is 19.1. The second-order valence-electron chi connectivity index (χ2n) is 8.42. The Balaban J connectivity index is 2.05. The number of carbonyl (C=O) groups is 2. The first-order chi connectivity index (χ1) is 14.5. The lowest BCUT2D eigenvalue weighted by Crippen LogP contribution is -2.50. The van der Waals surface area contributed by atoms with E-state index in [9.17, 15) is 19.1 Å². The summed E-state index contributed by atoms with van der Waals surface area (Å²) < 4.78 is 18.8. The van der Waals surface area contributed by atoms with Crippen LogP contribution in [0.15, 0.2) is 48.5 Å². The van der Waals surface area contributed by atoms with E-state index in [2.05, 4.69) is 10.6 Å². The molecule has 0 saturated heterocycles. The fourth-order valence-electron chi connectivity index (χ4n) is 3.03. The summed E-state index contributed by atoms with van der Waals surface area (Å²) in [6.07, 6.45) is -0.427. The molecule has 2 aromatic rings. The van der Waals surface area contributed by atoms with E-state index in [1.807, 2.05) is 30.3 Å². The zero-order chi connectivity index (χ0) is 23.0. The Morgan fingerprint density at radius 3 is 2.42 bits per heavy atom. The predicted octanol–water partition coefficient (Wildman–Crippen LogP) is 3.00. The van der Waals surface area contributed by atoms with Crippen LogP contribution in [0.5, 0.6) is 5.75 Å². The van der Waals surface area contributed by atoms with Crippen molar-refractivity contribution >= 4 is 12.0 Å². The Labute approximate surface area is 181 Å². The molecule has 0 aromatic heterocycles. The Hall–Kier alpha value is -3.13. The van der Waals surface area contributed by atoms with Gasteiger partial charge in [-0.2, -0.15) is 0 Å². The van der Waals surface area contributed by atoms with E-state index in [0.29, 0.717) is 12.1 Å². The average Bonchev–Trinajstić information content (AvgIpc) is 2.64. The molecular formula is C23H30FN3O4. The van der Waals surface area contributed by atoms with Gasteiger partial charge in [-0.3, -0.25) is 4.79 Å². The number of rotatable bonds is 8. The number of ether oxygens (including phenoxy) is 1. The first-order valence-corrected chi connectivity index (χ1v) is 10.1. The molecule has 2 rings (SSSR count). The number of hydrogen-bond acceptors (Lipinski definition) is 5. The Morgan fingerprint density at radius 2 is 1.81 bits per heavy atom. The van der Waals surface area contributed by atoms with E-state index in [1.165, 1.54) is 12.1 Å². The number of aromatic hydroxyl groups is 1. The molecular weight excluding hydrogens is 401 g/mol. The number of nitrogens with one attached hydrogen (secondary N) is 2. The van der Waals surface area contributed by atoms with Crippen molar-refractivity contribution in [1.82, 2.24) is 10.6 Å². The lowest BCUT2D eigenvalue weighted by Gasteiger charge is -2.25. The van der Waals surface area contributed by atoms with Crippen molar-refractivity contribution in [3.63, 3.8) is 0 Å². The molecule has 2 aromatic carbocycles. The lowest BCUT2D eigenvalue weighted by molar-refractivity contribution is -0.123. The summed E-state index contributed by atoms with van der Waals surface area (Å²) in [5, 5.41) is 14.9. The first-order valence-electron chi connectivity index (χ1n) is 10.1. The highest BCUT2D eigenvalue weighted by Crippen LogP contribution is 2.17. The topological polar surface area (TPSA) is 114 Å². The Bertz CT molecular complexity index is 864. The van der Waals surface area contributed by atoms with Crippen LogP contribution in [0.2, 0.25) is 0 Å². The molecule has 0 aliphatic rings. The van der Waals surface area contributed by atoms with Crippen LogP contribution >= 0.6 is 0 Å². The van der Waals surface area contributed by atoms with Crippen molar-refractivity contribution in [1.29, 1.82) is 0 Å². The molecule has 0 bridgehead atoms. The molecule has 0 heterocycles. The standard InChI is InChI=1S/C23H30FN3O4/c1-23(2,3)31-22(30)27-20(21(29)26-14-15-7-5-4-6-8-15)13-18(25)10-16-9-17(24)12-19(28)11-16/h4-9,11-12,18,20,28H,10,13-14,25H2,1-3H3,(H,26,29)(H,27,30)/t18-,20-/m0/s1. The SMILES string of the molecule is CC(C)(C)OC(=O)N[C@@H](C[C@@H](N)Cc1cc(O)cc(F)c1)C(=O)NCc1ccccc1. The second-order valence-corrected chi connectivity index (χ2v) is 8.42. The van der Waals surface area contributed by atoms with E-state index in [1.54, 1.807) is 20.8 Å². The molecule has 0 saturated carbocycles. The summed E-state index contributed by atoms with van der Waals surface area (Å²) in [7, 11) is 0. The van der Waals surface area contributed by atoms with Gasteiger partial charge in [0.05, 0.1) is 0 Å². The van der Waals surface area contributed by atoms with E-state index < -0.39 is 35.5 Å². The van der Waals surface area contributed by atoms with Crippen LogP contribution in [0.1, 0.15) is 38.3 Å². The molecule has 5 N–H and O–H groups in total. The molecule has 0 radical (unpaired) electrons. The highest BCUT2D eigenvalue weighted by molar-refractivity contribution is 5.85. The number of phenols is 1. The zero-order valence-electron chi connectivity index (χ0n) is 18.0. The van der Waals surface area contributed by atoms with Gasteiger partial charge in [0.2, 0.25) is 5.91 Å². The average molecular weight is 432 g/mol. The summed E-state index contributed by atoms with van der Waals surface area (Å²) in [6.45, 7) is 5.46. The maximum atomic E-state index is 13.5. The minimum absolute atomic E-state index is 0.0944. The van der Waals surface area contributed by atoms with Crippen LogP contribution in [0.25, 0.3) is 0 Å². The van der Waals surface area contributed by atoms with Gasteiger partial charge in [0.25, 0.3) is 0 Å². The number of alkyl carbamates (subject to hydrolysis) is 1. The molecule has 0 fully saturated rings. The maximum Gasteiger partial charge on any atom is 0.408 e. The van der Waals surface area contributed by atoms with Crippen LogP contribution in [0.4, 0.5) is 9.18 Å². The van der Waals surface area contributed by atoms with Crippen molar-refractivity contribution in [3.8, 4) is 5.75 Å². The molecule has 7 nitrogen and oxygen atoms in total. The van der Waals surface area contributed by atoms with Gasteiger partial charge in [0, 0.05) is 18.7 Å². The molecule has 0 aliphatic heterocycles. The summed E-state index contributed by atoms with van der Waals surface area (Å²) >= 11 is 0. The molecule has 31 heavy (non-hydrogen) atoms. The van der Waals surface area contributed by atoms with E-state index in [-0.39, 0.29) is 18.6 Å². The fourth-order valence-corrected chi connectivity index (χ4v) is 3.03. The van der Waals surface area contributed by atoms with Gasteiger partial charge < -0.3 is 26.2 Å². The van der Waals surface area contributed by atoms with E-state index in [0.717, 1.165) is 11.6 Å². The number of benzene rings is 2. The van der Waals surface area contributed by atoms with E-state index in [4.69, 9.17) is 10.5 Å². The normalized spacial score (nSPS) is 13.2. The quantitative estimate of drug-likeness (QED) is 0.513. The van der Waals surface area contributed by atoms with Crippen LogP contribution in [-0.2, 0) is 22.5 Å². The maximum absolute atomic E-state index is 13.5. The van der Waals surface area contributed by atoms with Crippen LogP contribution < -0.4 is 16.4 Å². The molecule has 0 aliphatic carbocycles. The highest BCUT2D eigenvalue weighted by Gasteiger charge is 2.26. The van der Waals surface area contributed by atoms with Gasteiger partial charge >= 0.3 is 6.09 Å². The lowest BCUT2D eigenvalue weighted by atomic mass is 9.99. The third-order valence-corrected chi connectivity index (χ3v) is 4.30. The third-order valence-electron chi connectivity index (χ3n) is 4.30. The van der Waals surface area contributed by atoms with Gasteiger partial charge in [0.15, 0.2) is 0 Å². The zero-order valence-corrected chi connectivity index (χ0v) is 18.0. The minimum atomic E-state index is -0.948. The first kappa shape index (κ1) is 24.1. The fraction of sp³-hybridized carbons (Fsp3) is 0.391. The van der Waals surface area contributed by atoms with Crippen LogP contribution in [0, 0.1) is 5.82 Å². The largest absolute Gasteiger partial charge is 0.508 e. The number of phenolic OH excluding ortho intramolecular Hbond substituents is 1. The molecule has 168 valence electrons. The smallest absolute Gasteiger partial charge is 0.408 e. The number of amides is 2. The van der Waals surface area contributed by atoms with Crippen LogP contribution in [0.3, 0.4) is 0 Å². The van der Waals surface area contributed by atoms with Crippen molar-refractivity contribution in [2.75, 3.05) is 0 Å². The summed E-state index contributed by atoms with van der Waals surface area (Å²) in [6, 6.07) is 11.5. The van der Waals surface area contributed by atoms with Crippen molar-refractivity contribution in [3.05, 3.63) is 65.5 Å². The predicted molar refractivity (Wildman–Crippen MR) is 116 cm³/mol. The molecule has 2 atom stereocenters. The number of halogens is 1. The van der Waals surface area contributed by atoms with Gasteiger partial charge in [0.1, 0.15) is 23.2 Å². The van der Waals surface area contributed by atoms with Crippen molar-refractivity contribution in [2.24, 2.45) is 5.73 Å². The number of nitrogens with two attached hydrogens (primary N) is 1. The third kappa shape index (κ3) is 9.04. The van der Waals surface area contributed by atoms with E-state index >= 15 is 0 Å². The monoisotopic (exact) mass is 431 g/mol. The summed E-state index contributed by atoms with van der Waals surface area (Å²) in [5.41, 5.74) is 6.85. The summed E-state index contributed by atoms with van der Waals surface area (Å²) in [5.74, 6) is -1.19. The minimum Gasteiger partial charge on any atom is -0.508 e. The Kier molecular flexibility index (Phi) is 8.38. The molecule has 2 amide bonds. The van der Waals surface area contributed by atoms with Gasteiger partial charge in [-0.05, 0) is 56.9 Å². The van der Waals surface area contributed by atoms with Crippen LogP contribution in [-0.4, -0.2) is 34.8 Å².